The van der Waals surface area contributed by atoms with Crippen molar-refractivity contribution < 1.29 is 9.59 Å². The number of aryl methyl sites for hydroxylation is 2. The maximum Gasteiger partial charge on any atom is 0.259 e. The van der Waals surface area contributed by atoms with Crippen LogP contribution in [0, 0.1) is 13.8 Å². The summed E-state index contributed by atoms with van der Waals surface area (Å²) >= 11 is 1.36. The Morgan fingerprint density at radius 3 is 2.48 bits per heavy atom. The fraction of sp³-hybridized carbons (Fsp3) is 0.105. The topological polar surface area (TPSA) is 71.1 Å². The Kier molecular flexibility index (Phi) is 4.90. The molecule has 0 spiro atoms. The molecule has 5 nitrogen and oxygen atoms in total. The summed E-state index contributed by atoms with van der Waals surface area (Å²) in [6.07, 6.45) is 0. The largest absolute Gasteiger partial charge is 0.321 e. The first-order valence-corrected chi connectivity index (χ1v) is 8.61. The first-order valence-electron chi connectivity index (χ1n) is 7.73. The molecule has 0 aliphatic heterocycles. The van der Waals surface area contributed by atoms with Crippen molar-refractivity contribution in [3.8, 4) is 0 Å². The van der Waals surface area contributed by atoms with Gasteiger partial charge in [-0.15, -0.1) is 11.3 Å². The van der Waals surface area contributed by atoms with Crippen molar-refractivity contribution in [2.75, 3.05) is 10.6 Å². The SMILES string of the molecule is Cc1cccc(C(=O)Nc2ccccc2C(=O)Nc2nc(C)cs2)c1. The van der Waals surface area contributed by atoms with Crippen LogP contribution >= 0.6 is 11.3 Å². The van der Waals surface area contributed by atoms with Crippen molar-refractivity contribution in [3.05, 3.63) is 76.3 Å². The van der Waals surface area contributed by atoms with Crippen LogP contribution in [0.4, 0.5) is 10.8 Å². The number of carbonyl (C=O) groups excluding carboxylic acids is 2. The Morgan fingerprint density at radius 2 is 1.76 bits per heavy atom. The lowest BCUT2D eigenvalue weighted by Crippen LogP contribution is -2.18. The fourth-order valence-electron chi connectivity index (χ4n) is 2.35. The number of amides is 2. The molecule has 2 N–H and O–H groups in total. The van der Waals surface area contributed by atoms with E-state index in [4.69, 9.17) is 0 Å². The molecule has 0 atom stereocenters. The van der Waals surface area contributed by atoms with Crippen LogP contribution in [0.2, 0.25) is 0 Å². The highest BCUT2D eigenvalue weighted by atomic mass is 32.1. The molecule has 0 saturated carbocycles. The summed E-state index contributed by atoms with van der Waals surface area (Å²) in [4.78, 5) is 29.2. The maximum atomic E-state index is 12.5. The number of benzene rings is 2. The molecule has 0 unspecified atom stereocenters. The molecule has 6 heteroatoms. The molecule has 1 heterocycles. The number of anilines is 2. The molecule has 3 rings (SSSR count). The molecule has 0 bridgehead atoms. The molecule has 0 aliphatic rings. The second-order valence-corrected chi connectivity index (χ2v) is 6.48. The molecule has 25 heavy (non-hydrogen) atoms. The highest BCUT2D eigenvalue weighted by Gasteiger charge is 2.15. The van der Waals surface area contributed by atoms with Gasteiger partial charge in [-0.05, 0) is 38.1 Å². The predicted octanol–water partition coefficient (Wildman–Crippen LogP) is 4.26. The summed E-state index contributed by atoms with van der Waals surface area (Å²) in [7, 11) is 0. The second kappa shape index (κ2) is 7.27. The first kappa shape index (κ1) is 16.9. The predicted molar refractivity (Wildman–Crippen MR) is 100 cm³/mol. The van der Waals surface area contributed by atoms with E-state index >= 15 is 0 Å². The normalized spacial score (nSPS) is 10.3. The number of rotatable bonds is 4. The molecule has 126 valence electrons. The van der Waals surface area contributed by atoms with Gasteiger partial charge in [-0.2, -0.15) is 0 Å². The summed E-state index contributed by atoms with van der Waals surface area (Å²) in [6, 6.07) is 14.2. The van der Waals surface area contributed by atoms with E-state index in [-0.39, 0.29) is 11.8 Å². The molecule has 0 saturated heterocycles. The van der Waals surface area contributed by atoms with Crippen molar-refractivity contribution in [1.29, 1.82) is 0 Å². The van der Waals surface area contributed by atoms with Crippen LogP contribution in [0.5, 0.6) is 0 Å². The Bertz CT molecular complexity index is 934. The Labute approximate surface area is 149 Å². The summed E-state index contributed by atoms with van der Waals surface area (Å²) in [6.45, 7) is 3.79. The molecular weight excluding hydrogens is 334 g/mol. The molecule has 0 aliphatic carbocycles. The molecule has 3 aromatic rings. The lowest BCUT2D eigenvalue weighted by Gasteiger charge is -2.11. The number of hydrogen-bond donors (Lipinski definition) is 2. The van der Waals surface area contributed by atoms with E-state index in [9.17, 15) is 9.59 Å². The minimum Gasteiger partial charge on any atom is -0.321 e. The quantitative estimate of drug-likeness (QED) is 0.737. The smallest absolute Gasteiger partial charge is 0.259 e. The van der Waals surface area contributed by atoms with Gasteiger partial charge in [0.2, 0.25) is 0 Å². The average Bonchev–Trinajstić information content (AvgIpc) is 3.00. The standard InChI is InChI=1S/C19H17N3O2S/c1-12-6-5-7-14(10-12)17(23)21-16-9-4-3-8-15(16)18(24)22-19-20-13(2)11-25-19/h3-11H,1-2H3,(H,21,23)(H,20,22,24). The van der Waals surface area contributed by atoms with Crippen LogP contribution in [-0.4, -0.2) is 16.8 Å². The van der Waals surface area contributed by atoms with Crippen LogP contribution < -0.4 is 10.6 Å². The lowest BCUT2D eigenvalue weighted by molar-refractivity contribution is 0.102. The van der Waals surface area contributed by atoms with E-state index in [0.717, 1.165) is 11.3 Å². The molecular formula is C19H17N3O2S. The summed E-state index contributed by atoms with van der Waals surface area (Å²) in [5, 5.41) is 7.96. The third kappa shape index (κ3) is 4.10. The second-order valence-electron chi connectivity index (χ2n) is 5.62. The van der Waals surface area contributed by atoms with Crippen LogP contribution in [0.3, 0.4) is 0 Å². The van der Waals surface area contributed by atoms with Gasteiger partial charge < -0.3 is 5.32 Å². The van der Waals surface area contributed by atoms with E-state index in [0.29, 0.717) is 21.9 Å². The van der Waals surface area contributed by atoms with E-state index in [2.05, 4.69) is 15.6 Å². The van der Waals surface area contributed by atoms with E-state index in [1.165, 1.54) is 11.3 Å². The van der Waals surface area contributed by atoms with Gasteiger partial charge in [-0.3, -0.25) is 14.9 Å². The zero-order valence-electron chi connectivity index (χ0n) is 13.9. The molecule has 2 aromatic carbocycles. The summed E-state index contributed by atoms with van der Waals surface area (Å²) in [5.74, 6) is -0.566. The summed E-state index contributed by atoms with van der Waals surface area (Å²) in [5.41, 5.74) is 3.24. The first-order chi connectivity index (χ1) is 12.0. The minimum atomic E-state index is -0.311. The van der Waals surface area contributed by atoms with Crippen LogP contribution in [-0.2, 0) is 0 Å². The maximum absolute atomic E-state index is 12.5. The van der Waals surface area contributed by atoms with Crippen molar-refractivity contribution in [1.82, 2.24) is 4.98 Å². The summed E-state index contributed by atoms with van der Waals surface area (Å²) < 4.78 is 0. The highest BCUT2D eigenvalue weighted by molar-refractivity contribution is 7.13. The third-order valence-corrected chi connectivity index (χ3v) is 4.42. The number of hydrogen-bond acceptors (Lipinski definition) is 4. The van der Waals surface area contributed by atoms with Crippen molar-refractivity contribution in [2.24, 2.45) is 0 Å². The van der Waals surface area contributed by atoms with Gasteiger partial charge in [0.1, 0.15) is 0 Å². The number of para-hydroxylation sites is 1. The number of thiazole rings is 1. The molecule has 1 aromatic heterocycles. The molecule has 0 radical (unpaired) electrons. The molecule has 2 amide bonds. The zero-order chi connectivity index (χ0) is 17.8. The Morgan fingerprint density at radius 1 is 0.960 bits per heavy atom. The van der Waals surface area contributed by atoms with Gasteiger partial charge in [-0.25, -0.2) is 4.98 Å². The van der Waals surface area contributed by atoms with Crippen molar-refractivity contribution in [3.63, 3.8) is 0 Å². The minimum absolute atomic E-state index is 0.256. The van der Waals surface area contributed by atoms with Crippen molar-refractivity contribution in [2.45, 2.75) is 13.8 Å². The Hall–Kier alpha value is -2.99. The van der Waals surface area contributed by atoms with E-state index < -0.39 is 0 Å². The monoisotopic (exact) mass is 351 g/mol. The molecule has 0 fully saturated rings. The zero-order valence-corrected chi connectivity index (χ0v) is 14.7. The number of nitrogens with zero attached hydrogens (tertiary/aromatic N) is 1. The van der Waals surface area contributed by atoms with Crippen LogP contribution in [0.1, 0.15) is 32.0 Å². The average molecular weight is 351 g/mol. The van der Waals surface area contributed by atoms with E-state index in [1.807, 2.05) is 31.4 Å². The Balaban J connectivity index is 1.81. The van der Waals surface area contributed by atoms with Gasteiger partial charge >= 0.3 is 0 Å². The highest BCUT2D eigenvalue weighted by Crippen LogP contribution is 2.20. The van der Waals surface area contributed by atoms with Crippen LogP contribution in [0.15, 0.2) is 53.9 Å². The fourth-order valence-corrected chi connectivity index (χ4v) is 3.03. The lowest BCUT2D eigenvalue weighted by atomic mass is 10.1. The van der Waals surface area contributed by atoms with E-state index in [1.54, 1.807) is 36.4 Å². The number of nitrogens with one attached hydrogen (secondary N) is 2. The van der Waals surface area contributed by atoms with Crippen LogP contribution in [0.25, 0.3) is 0 Å². The van der Waals surface area contributed by atoms with Crippen molar-refractivity contribution >= 4 is 34.0 Å². The van der Waals surface area contributed by atoms with Gasteiger partial charge in [0.25, 0.3) is 11.8 Å². The number of carbonyl (C=O) groups is 2. The van der Waals surface area contributed by atoms with Gasteiger partial charge in [-0.1, -0.05) is 29.8 Å². The van der Waals surface area contributed by atoms with Gasteiger partial charge in [0.05, 0.1) is 16.9 Å². The third-order valence-electron chi connectivity index (χ3n) is 3.54. The van der Waals surface area contributed by atoms with Gasteiger partial charge in [0, 0.05) is 10.9 Å². The van der Waals surface area contributed by atoms with Gasteiger partial charge in [0.15, 0.2) is 5.13 Å². The number of aromatic nitrogens is 1.